The van der Waals surface area contributed by atoms with Gasteiger partial charge in [-0.1, -0.05) is 28.8 Å². The van der Waals surface area contributed by atoms with Gasteiger partial charge < -0.3 is 14.8 Å². The van der Waals surface area contributed by atoms with Crippen LogP contribution in [0.2, 0.25) is 5.02 Å². The van der Waals surface area contributed by atoms with Gasteiger partial charge in [-0.2, -0.15) is 0 Å². The van der Waals surface area contributed by atoms with Crippen LogP contribution in [0, 0.1) is 13.8 Å². The second-order valence-electron chi connectivity index (χ2n) is 7.15. The van der Waals surface area contributed by atoms with Crippen LogP contribution < -0.4 is 10.6 Å². The number of amides is 1. The standard InChI is InChI=1S/C23H18ClN3O3S/c1-12-7-13(2)9-14(8-12)21(29)27-23(31)25-16-4-5-17(19(28)11-16)22-26-18-10-15(24)3-6-20(18)30-22/h3-11,28H,1-2H3,(H2,25,27,29,31). The van der Waals surface area contributed by atoms with Gasteiger partial charge in [0.05, 0.1) is 5.56 Å². The fourth-order valence-electron chi connectivity index (χ4n) is 3.25. The van der Waals surface area contributed by atoms with Gasteiger partial charge in [-0.25, -0.2) is 4.98 Å². The van der Waals surface area contributed by atoms with Crippen molar-refractivity contribution in [1.29, 1.82) is 0 Å². The molecule has 0 fully saturated rings. The van der Waals surface area contributed by atoms with Crippen molar-refractivity contribution >= 4 is 51.6 Å². The lowest BCUT2D eigenvalue weighted by molar-refractivity contribution is 0.0977. The number of aryl methyl sites for hydroxylation is 2. The summed E-state index contributed by atoms with van der Waals surface area (Å²) in [5, 5.41) is 16.7. The molecule has 0 unspecified atom stereocenters. The van der Waals surface area contributed by atoms with Gasteiger partial charge in [-0.15, -0.1) is 0 Å². The van der Waals surface area contributed by atoms with E-state index in [0.29, 0.717) is 32.9 Å². The Morgan fingerprint density at radius 1 is 1.06 bits per heavy atom. The van der Waals surface area contributed by atoms with Crippen molar-refractivity contribution in [2.45, 2.75) is 13.8 Å². The monoisotopic (exact) mass is 451 g/mol. The first-order chi connectivity index (χ1) is 14.8. The van der Waals surface area contributed by atoms with Crippen LogP contribution in [0.1, 0.15) is 21.5 Å². The quantitative estimate of drug-likeness (QED) is 0.351. The molecule has 31 heavy (non-hydrogen) atoms. The van der Waals surface area contributed by atoms with E-state index in [-0.39, 0.29) is 22.7 Å². The number of anilines is 1. The van der Waals surface area contributed by atoms with Crippen LogP contribution in [0.4, 0.5) is 5.69 Å². The number of hydrogen-bond acceptors (Lipinski definition) is 5. The number of oxazole rings is 1. The number of hydrogen-bond donors (Lipinski definition) is 3. The van der Waals surface area contributed by atoms with Crippen LogP contribution in [0.5, 0.6) is 5.75 Å². The molecule has 3 aromatic carbocycles. The molecule has 3 N–H and O–H groups in total. The average Bonchev–Trinajstić information content (AvgIpc) is 3.09. The maximum atomic E-state index is 12.4. The predicted octanol–water partition coefficient (Wildman–Crippen LogP) is 5.60. The van der Waals surface area contributed by atoms with Gasteiger partial charge in [0.1, 0.15) is 11.3 Å². The topological polar surface area (TPSA) is 87.4 Å². The van der Waals surface area contributed by atoms with E-state index in [4.69, 9.17) is 28.2 Å². The van der Waals surface area contributed by atoms with Crippen molar-refractivity contribution in [2.24, 2.45) is 0 Å². The third kappa shape index (κ3) is 4.68. The number of phenols is 1. The molecule has 4 aromatic rings. The number of nitrogens with one attached hydrogen (secondary N) is 2. The van der Waals surface area contributed by atoms with Crippen LogP contribution in [0.25, 0.3) is 22.6 Å². The first-order valence-corrected chi connectivity index (χ1v) is 10.2. The fourth-order valence-corrected chi connectivity index (χ4v) is 3.63. The van der Waals surface area contributed by atoms with Crippen LogP contribution in [-0.4, -0.2) is 21.1 Å². The fraction of sp³-hybridized carbons (Fsp3) is 0.0870. The molecule has 8 heteroatoms. The maximum Gasteiger partial charge on any atom is 0.257 e. The molecule has 0 saturated heterocycles. The smallest absolute Gasteiger partial charge is 0.257 e. The summed E-state index contributed by atoms with van der Waals surface area (Å²) < 4.78 is 5.70. The van der Waals surface area contributed by atoms with Gasteiger partial charge in [-0.05, 0) is 68.5 Å². The number of carbonyl (C=O) groups excluding carboxylic acids is 1. The normalized spacial score (nSPS) is 10.8. The van der Waals surface area contributed by atoms with Gasteiger partial charge in [0.25, 0.3) is 5.91 Å². The van der Waals surface area contributed by atoms with E-state index in [9.17, 15) is 9.90 Å². The van der Waals surface area contributed by atoms with Crippen molar-refractivity contribution in [3.63, 3.8) is 0 Å². The molecular weight excluding hydrogens is 434 g/mol. The van der Waals surface area contributed by atoms with Gasteiger partial charge in [0.15, 0.2) is 10.7 Å². The Morgan fingerprint density at radius 3 is 2.52 bits per heavy atom. The molecule has 0 saturated carbocycles. The molecule has 0 aliphatic carbocycles. The van der Waals surface area contributed by atoms with E-state index in [1.165, 1.54) is 6.07 Å². The number of thiocarbonyl (C=S) groups is 1. The molecule has 156 valence electrons. The molecule has 0 spiro atoms. The molecule has 1 heterocycles. The van der Waals surface area contributed by atoms with E-state index >= 15 is 0 Å². The van der Waals surface area contributed by atoms with E-state index in [1.54, 1.807) is 42.5 Å². The van der Waals surface area contributed by atoms with Crippen molar-refractivity contribution in [3.8, 4) is 17.2 Å². The Balaban J connectivity index is 1.48. The summed E-state index contributed by atoms with van der Waals surface area (Å²) in [5.74, 6) is -0.0895. The summed E-state index contributed by atoms with van der Waals surface area (Å²) in [4.78, 5) is 16.8. The number of aromatic nitrogens is 1. The second kappa shape index (κ2) is 8.37. The molecule has 0 aliphatic rings. The van der Waals surface area contributed by atoms with Crippen LogP contribution >= 0.6 is 23.8 Å². The molecule has 6 nitrogen and oxygen atoms in total. The molecule has 0 radical (unpaired) electrons. The lowest BCUT2D eigenvalue weighted by Crippen LogP contribution is -2.34. The zero-order valence-electron chi connectivity index (χ0n) is 16.7. The molecule has 0 atom stereocenters. The lowest BCUT2D eigenvalue weighted by Gasteiger charge is -2.11. The summed E-state index contributed by atoms with van der Waals surface area (Å²) in [6.45, 7) is 3.85. The number of aromatic hydroxyl groups is 1. The highest BCUT2D eigenvalue weighted by atomic mass is 35.5. The minimum Gasteiger partial charge on any atom is -0.507 e. The van der Waals surface area contributed by atoms with Gasteiger partial charge >= 0.3 is 0 Å². The summed E-state index contributed by atoms with van der Waals surface area (Å²) in [6.07, 6.45) is 0. The third-order valence-corrected chi connectivity index (χ3v) is 4.99. The highest BCUT2D eigenvalue weighted by Gasteiger charge is 2.14. The zero-order chi connectivity index (χ0) is 22.1. The van der Waals surface area contributed by atoms with E-state index < -0.39 is 0 Å². The SMILES string of the molecule is Cc1cc(C)cc(C(=O)NC(=S)Nc2ccc(-c3nc4cc(Cl)ccc4o3)c(O)c2)c1. The lowest BCUT2D eigenvalue weighted by atomic mass is 10.1. The maximum absolute atomic E-state index is 12.4. The first kappa shape index (κ1) is 20.8. The van der Waals surface area contributed by atoms with Crippen LogP contribution in [0.3, 0.4) is 0 Å². The summed E-state index contributed by atoms with van der Waals surface area (Å²) >= 11 is 11.2. The summed E-state index contributed by atoms with van der Waals surface area (Å²) in [7, 11) is 0. The molecule has 1 aromatic heterocycles. The number of phenolic OH excluding ortho intramolecular Hbond substituents is 1. The van der Waals surface area contributed by atoms with Crippen LogP contribution in [0.15, 0.2) is 59.0 Å². The Hall–Kier alpha value is -3.42. The van der Waals surface area contributed by atoms with Crippen molar-refractivity contribution in [2.75, 3.05) is 5.32 Å². The summed E-state index contributed by atoms with van der Waals surface area (Å²) in [5.41, 5.74) is 4.60. The molecular formula is C23H18ClN3O3S. The Bertz CT molecular complexity index is 1310. The second-order valence-corrected chi connectivity index (χ2v) is 7.99. The number of fused-ring (bicyclic) bond motifs is 1. The number of carbonyl (C=O) groups is 1. The zero-order valence-corrected chi connectivity index (χ0v) is 18.3. The number of nitrogens with zero attached hydrogens (tertiary/aromatic N) is 1. The van der Waals surface area contributed by atoms with Crippen LogP contribution in [-0.2, 0) is 0 Å². The molecule has 4 rings (SSSR count). The highest BCUT2D eigenvalue weighted by Crippen LogP contribution is 2.33. The summed E-state index contributed by atoms with van der Waals surface area (Å²) in [6, 6.07) is 15.5. The molecule has 0 aliphatic heterocycles. The van der Waals surface area contributed by atoms with Gasteiger partial charge in [-0.3, -0.25) is 10.1 Å². The minimum absolute atomic E-state index is 0.0499. The first-order valence-electron chi connectivity index (χ1n) is 9.38. The Labute approximate surface area is 188 Å². The van der Waals surface area contributed by atoms with Crippen molar-refractivity contribution in [3.05, 3.63) is 76.3 Å². The molecule has 1 amide bonds. The van der Waals surface area contributed by atoms with E-state index in [1.807, 2.05) is 19.9 Å². The largest absolute Gasteiger partial charge is 0.507 e. The Kier molecular flexibility index (Phi) is 5.63. The van der Waals surface area contributed by atoms with Crippen molar-refractivity contribution in [1.82, 2.24) is 10.3 Å². The van der Waals surface area contributed by atoms with E-state index in [2.05, 4.69) is 15.6 Å². The number of benzene rings is 3. The number of halogens is 1. The average molecular weight is 452 g/mol. The molecule has 0 bridgehead atoms. The minimum atomic E-state index is -0.310. The highest BCUT2D eigenvalue weighted by molar-refractivity contribution is 7.80. The van der Waals surface area contributed by atoms with Crippen molar-refractivity contribution < 1.29 is 14.3 Å². The van der Waals surface area contributed by atoms with E-state index in [0.717, 1.165) is 11.1 Å². The van der Waals surface area contributed by atoms with Gasteiger partial charge in [0.2, 0.25) is 5.89 Å². The number of rotatable bonds is 3. The third-order valence-electron chi connectivity index (χ3n) is 4.55. The Morgan fingerprint density at radius 2 is 1.81 bits per heavy atom. The van der Waals surface area contributed by atoms with Gasteiger partial charge in [0, 0.05) is 22.3 Å². The predicted molar refractivity (Wildman–Crippen MR) is 126 cm³/mol.